The summed E-state index contributed by atoms with van der Waals surface area (Å²) in [5, 5.41) is 7.44. The molecule has 376 valence electrons. The second kappa shape index (κ2) is 19.4. The maximum atomic E-state index is 2.60. The molecule has 0 spiro atoms. The van der Waals surface area contributed by atoms with E-state index in [-0.39, 0.29) is 5.41 Å². The van der Waals surface area contributed by atoms with E-state index in [1.54, 1.807) is 0 Å². The van der Waals surface area contributed by atoms with E-state index in [4.69, 9.17) is 0 Å². The van der Waals surface area contributed by atoms with Crippen molar-refractivity contribution >= 4 is 66.4 Å². The average Bonchev–Trinajstić information content (AvgIpc) is 3.46. The Morgan fingerprint density at radius 2 is 0.675 bits per heavy atom. The first-order chi connectivity index (χ1) is 37.2. The van der Waals surface area contributed by atoms with Gasteiger partial charge in [-0.15, -0.1) is 0 Å². The zero-order chi connectivity index (χ0) is 53.3. The molecule has 0 aliphatic rings. The Kier molecular flexibility index (Phi) is 12.4. The van der Waals surface area contributed by atoms with Gasteiger partial charge in [0.05, 0.1) is 11.4 Å². The van der Waals surface area contributed by atoms with Crippen LogP contribution in [0.4, 0.5) is 34.1 Å². The van der Waals surface area contributed by atoms with Crippen LogP contribution in [0.15, 0.2) is 218 Å². The smallest absolute Gasteiger partial charge is 0.0561 e. The van der Waals surface area contributed by atoms with E-state index < -0.39 is 0 Å². The molecule has 0 heterocycles. The van der Waals surface area contributed by atoms with Crippen molar-refractivity contribution in [2.75, 3.05) is 9.80 Å². The van der Waals surface area contributed by atoms with Crippen molar-refractivity contribution < 1.29 is 0 Å². The molecule has 0 saturated carbocycles. The minimum Gasteiger partial charge on any atom is -0.309 e. The Bertz CT molecular complexity index is 4150. The summed E-state index contributed by atoms with van der Waals surface area (Å²) in [6.07, 6.45) is 0. The van der Waals surface area contributed by atoms with E-state index in [9.17, 15) is 0 Å². The topological polar surface area (TPSA) is 6.48 Å². The van der Waals surface area contributed by atoms with Gasteiger partial charge in [0.2, 0.25) is 0 Å². The summed E-state index contributed by atoms with van der Waals surface area (Å²) in [5.74, 6) is 0. The number of hydrogen-bond acceptors (Lipinski definition) is 2. The van der Waals surface area contributed by atoms with Gasteiger partial charge in [-0.1, -0.05) is 203 Å². The van der Waals surface area contributed by atoms with E-state index in [2.05, 4.69) is 297 Å². The van der Waals surface area contributed by atoms with E-state index in [0.717, 1.165) is 34.1 Å². The van der Waals surface area contributed by atoms with Crippen molar-refractivity contribution in [3.8, 4) is 44.5 Å². The molecule has 0 aliphatic carbocycles. The molecular formula is C75H66N2. The zero-order valence-corrected chi connectivity index (χ0v) is 46.2. The first-order valence-corrected chi connectivity index (χ1v) is 27.2. The standard InChI is InChI=1S/C75H66N2/c1-47-31-34-60(71-50(4)20-17-21-51(71)5)44-66(47)76(63-29-19-28-56(42-63)54-24-13-11-14-25-54)69-46-70(65-39-37-59-41-62(75(8,9)10)40-58-36-38-64(69)74(65)73(58)59)77(67-43-57(33-30-48(67)2)55-26-15-12-16-27-55)68-45-61(35-32-49(68)3)72-52(6)22-18-23-53(72)7/h11-46H,1-10H3. The molecule has 2 heteroatoms. The summed E-state index contributed by atoms with van der Waals surface area (Å²) in [4.78, 5) is 5.17. The molecule has 12 aromatic carbocycles. The van der Waals surface area contributed by atoms with Gasteiger partial charge in [-0.05, 0) is 195 Å². The van der Waals surface area contributed by atoms with Gasteiger partial charge in [-0.25, -0.2) is 0 Å². The van der Waals surface area contributed by atoms with Crippen LogP contribution in [0.5, 0.6) is 0 Å². The highest BCUT2D eigenvalue weighted by molar-refractivity contribution is 6.29. The highest BCUT2D eigenvalue weighted by Gasteiger charge is 2.29. The minimum absolute atomic E-state index is 0.0323. The number of anilines is 6. The molecule has 2 nitrogen and oxygen atoms in total. The van der Waals surface area contributed by atoms with Crippen molar-refractivity contribution in [1.82, 2.24) is 0 Å². The maximum Gasteiger partial charge on any atom is 0.0561 e. The summed E-state index contributed by atoms with van der Waals surface area (Å²) >= 11 is 0. The monoisotopic (exact) mass is 995 g/mol. The third kappa shape index (κ3) is 8.82. The lowest BCUT2D eigenvalue weighted by Crippen LogP contribution is -2.17. The molecule has 0 radical (unpaired) electrons. The van der Waals surface area contributed by atoms with Gasteiger partial charge in [-0.3, -0.25) is 0 Å². The van der Waals surface area contributed by atoms with Crippen LogP contribution >= 0.6 is 0 Å². The van der Waals surface area contributed by atoms with E-state index in [0.29, 0.717) is 0 Å². The van der Waals surface area contributed by atoms with E-state index >= 15 is 0 Å². The number of aryl methyl sites for hydroxylation is 7. The van der Waals surface area contributed by atoms with Crippen molar-refractivity contribution in [3.63, 3.8) is 0 Å². The Balaban J connectivity index is 1.24. The fourth-order valence-electron chi connectivity index (χ4n) is 12.1. The molecule has 0 aromatic heterocycles. The molecule has 77 heavy (non-hydrogen) atoms. The van der Waals surface area contributed by atoms with Gasteiger partial charge >= 0.3 is 0 Å². The number of nitrogens with zero attached hydrogens (tertiary/aromatic N) is 2. The minimum atomic E-state index is -0.0323. The first kappa shape index (κ1) is 49.2. The van der Waals surface area contributed by atoms with Gasteiger partial charge in [0.25, 0.3) is 0 Å². The highest BCUT2D eigenvalue weighted by atomic mass is 15.2. The molecule has 12 rings (SSSR count). The Labute approximate surface area is 455 Å². The van der Waals surface area contributed by atoms with Gasteiger partial charge in [0.15, 0.2) is 0 Å². The van der Waals surface area contributed by atoms with E-state index in [1.807, 2.05) is 0 Å². The molecule has 12 aromatic rings. The quantitative estimate of drug-likeness (QED) is 0.126. The summed E-state index contributed by atoms with van der Waals surface area (Å²) in [6.45, 7) is 22.8. The van der Waals surface area contributed by atoms with Crippen molar-refractivity contribution in [3.05, 3.63) is 263 Å². The number of hydrogen-bond donors (Lipinski definition) is 0. The molecular weight excluding hydrogens is 929 g/mol. The third-order valence-electron chi connectivity index (χ3n) is 16.2. The summed E-state index contributed by atoms with van der Waals surface area (Å²) < 4.78 is 0. The molecule has 0 saturated heterocycles. The van der Waals surface area contributed by atoms with Crippen LogP contribution in [0, 0.1) is 48.5 Å². The van der Waals surface area contributed by atoms with Crippen molar-refractivity contribution in [2.24, 2.45) is 0 Å². The van der Waals surface area contributed by atoms with Gasteiger partial charge in [0.1, 0.15) is 0 Å². The number of benzene rings is 12. The molecule has 0 atom stereocenters. The highest BCUT2D eigenvalue weighted by Crippen LogP contribution is 2.53. The summed E-state index contributed by atoms with van der Waals surface area (Å²) in [7, 11) is 0. The van der Waals surface area contributed by atoms with Crippen LogP contribution < -0.4 is 9.80 Å². The number of rotatable bonds is 10. The molecule has 0 N–H and O–H groups in total. The maximum absolute atomic E-state index is 2.60. The van der Waals surface area contributed by atoms with Crippen LogP contribution in [0.3, 0.4) is 0 Å². The lowest BCUT2D eigenvalue weighted by molar-refractivity contribution is 0.591. The summed E-state index contributed by atoms with van der Waals surface area (Å²) in [5.41, 5.74) is 26.3. The van der Waals surface area contributed by atoms with Crippen LogP contribution in [-0.2, 0) is 5.41 Å². The fraction of sp³-hybridized carbons (Fsp3) is 0.147. The van der Waals surface area contributed by atoms with Crippen molar-refractivity contribution in [1.29, 1.82) is 0 Å². The predicted octanol–water partition coefficient (Wildman–Crippen LogP) is 21.6. The lowest BCUT2D eigenvalue weighted by atomic mass is 9.83. The van der Waals surface area contributed by atoms with Crippen LogP contribution in [0.25, 0.3) is 76.8 Å². The van der Waals surface area contributed by atoms with E-state index in [1.165, 1.54) is 121 Å². The van der Waals surface area contributed by atoms with Gasteiger partial charge in [0, 0.05) is 38.9 Å². The SMILES string of the molecule is Cc1ccc(-c2c(C)cccc2C)cc1N(c1cccc(-c2ccccc2)c1)c1cc(N(c2cc(-c3ccccc3)ccc2C)c2cc(-c3c(C)cccc3C)ccc2C)c2ccc3cc(C(C)(C)C)cc4ccc1c2c43. The largest absolute Gasteiger partial charge is 0.309 e. The lowest BCUT2D eigenvalue weighted by Gasteiger charge is -2.35. The van der Waals surface area contributed by atoms with Gasteiger partial charge in [-0.2, -0.15) is 0 Å². The summed E-state index contributed by atoms with van der Waals surface area (Å²) in [6, 6.07) is 82.3. The molecule has 0 amide bonds. The molecule has 0 fully saturated rings. The third-order valence-corrected chi connectivity index (χ3v) is 16.2. The fourth-order valence-corrected chi connectivity index (χ4v) is 12.1. The second-order valence-electron chi connectivity index (χ2n) is 22.6. The Morgan fingerprint density at radius 3 is 1.16 bits per heavy atom. The second-order valence-corrected chi connectivity index (χ2v) is 22.6. The predicted molar refractivity (Wildman–Crippen MR) is 333 cm³/mol. The zero-order valence-electron chi connectivity index (χ0n) is 46.2. The molecule has 0 unspecified atom stereocenters. The van der Waals surface area contributed by atoms with Crippen LogP contribution in [-0.4, -0.2) is 0 Å². The van der Waals surface area contributed by atoms with Crippen LogP contribution in [0.1, 0.15) is 65.3 Å². The first-order valence-electron chi connectivity index (χ1n) is 27.2. The average molecular weight is 995 g/mol. The normalized spacial score (nSPS) is 11.8. The van der Waals surface area contributed by atoms with Gasteiger partial charge < -0.3 is 9.80 Å². The molecule has 0 aliphatic heterocycles. The van der Waals surface area contributed by atoms with Crippen LogP contribution in [0.2, 0.25) is 0 Å². The molecule has 0 bridgehead atoms. The Morgan fingerprint density at radius 1 is 0.273 bits per heavy atom. The van der Waals surface area contributed by atoms with Crippen molar-refractivity contribution in [2.45, 2.75) is 74.7 Å². The Hall–Kier alpha value is -8.72.